The molecule has 2 atom stereocenters. The van der Waals surface area contributed by atoms with Gasteiger partial charge in [-0.25, -0.2) is 4.79 Å². The molecule has 1 saturated heterocycles. The van der Waals surface area contributed by atoms with Gasteiger partial charge in [0, 0.05) is 30.1 Å². The van der Waals surface area contributed by atoms with Gasteiger partial charge in [-0.15, -0.1) is 0 Å². The minimum Gasteiger partial charge on any atom is -0.444 e. The first kappa shape index (κ1) is 18.1. The predicted octanol–water partition coefficient (Wildman–Crippen LogP) is 3.69. The molecule has 2 rings (SSSR count). The van der Waals surface area contributed by atoms with Gasteiger partial charge in [-0.1, -0.05) is 31.2 Å². The zero-order valence-electron chi connectivity index (χ0n) is 14.5. The molecule has 1 aliphatic heterocycles. The Morgan fingerprint density at radius 1 is 1.22 bits per heavy atom. The zero-order valence-corrected chi connectivity index (χ0v) is 15.3. The molecule has 2 N–H and O–H groups in total. The summed E-state index contributed by atoms with van der Waals surface area (Å²) in [5.74, 6) is 1.21. The molecule has 0 aliphatic carbocycles. The quantitative estimate of drug-likeness (QED) is 0.861. The van der Waals surface area contributed by atoms with Crippen LogP contribution in [0, 0.1) is 0 Å². The Morgan fingerprint density at radius 2 is 1.83 bits per heavy atom. The monoisotopic (exact) mass is 336 g/mol. The Balaban J connectivity index is 1.73. The highest BCUT2D eigenvalue weighted by atomic mass is 32.2. The van der Waals surface area contributed by atoms with Gasteiger partial charge in [0.15, 0.2) is 0 Å². The largest absolute Gasteiger partial charge is 0.444 e. The molecule has 128 valence electrons. The Labute approximate surface area is 143 Å². The predicted molar refractivity (Wildman–Crippen MR) is 96.7 cm³/mol. The van der Waals surface area contributed by atoms with Gasteiger partial charge in [0.2, 0.25) is 0 Å². The molecule has 0 aromatic heterocycles. The molecule has 1 aromatic rings. The molecular weight excluding hydrogens is 308 g/mol. The van der Waals surface area contributed by atoms with Crippen LogP contribution < -0.4 is 10.6 Å². The van der Waals surface area contributed by atoms with Crippen molar-refractivity contribution in [3.63, 3.8) is 0 Å². The van der Waals surface area contributed by atoms with E-state index in [0.717, 1.165) is 17.4 Å². The SMILES string of the molecule is CC1CC(NCc2ccc(CNC(=O)OC(C)(C)C)cc2)CS1. The summed E-state index contributed by atoms with van der Waals surface area (Å²) in [5.41, 5.74) is 1.88. The molecule has 0 spiro atoms. The second-order valence-electron chi connectivity index (χ2n) is 7.13. The normalized spacial score (nSPS) is 21.2. The van der Waals surface area contributed by atoms with Crippen LogP contribution in [-0.2, 0) is 17.8 Å². The average molecular weight is 337 g/mol. The number of carbonyl (C=O) groups is 1. The summed E-state index contributed by atoms with van der Waals surface area (Å²) in [5, 5.41) is 7.16. The molecule has 5 heteroatoms. The van der Waals surface area contributed by atoms with Gasteiger partial charge >= 0.3 is 6.09 Å². The van der Waals surface area contributed by atoms with E-state index >= 15 is 0 Å². The fourth-order valence-corrected chi connectivity index (χ4v) is 3.67. The Kier molecular flexibility index (Phi) is 6.36. The summed E-state index contributed by atoms with van der Waals surface area (Å²) in [6.07, 6.45) is 0.874. The van der Waals surface area contributed by atoms with E-state index in [9.17, 15) is 4.79 Å². The molecule has 1 heterocycles. The topological polar surface area (TPSA) is 50.4 Å². The molecule has 2 unspecified atom stereocenters. The summed E-state index contributed by atoms with van der Waals surface area (Å²) >= 11 is 2.04. The second-order valence-corrected chi connectivity index (χ2v) is 8.60. The summed E-state index contributed by atoms with van der Waals surface area (Å²) in [4.78, 5) is 11.6. The van der Waals surface area contributed by atoms with Crippen LogP contribution in [0.15, 0.2) is 24.3 Å². The van der Waals surface area contributed by atoms with Crippen LogP contribution in [0.1, 0.15) is 45.2 Å². The highest BCUT2D eigenvalue weighted by Crippen LogP contribution is 2.26. The molecular formula is C18H28N2O2S. The van der Waals surface area contributed by atoms with Gasteiger partial charge in [-0.05, 0) is 38.3 Å². The Bertz CT molecular complexity index is 511. The standard InChI is InChI=1S/C18H28N2O2S/c1-13-9-16(12-23-13)19-10-14-5-7-15(8-6-14)11-20-17(21)22-18(2,3)4/h5-8,13,16,19H,9-12H2,1-4H3,(H,20,21). The summed E-state index contributed by atoms with van der Waals surface area (Å²) in [6.45, 7) is 9.25. The number of hydrogen-bond donors (Lipinski definition) is 2. The number of thioether (sulfide) groups is 1. The maximum absolute atomic E-state index is 11.6. The molecule has 0 saturated carbocycles. The fourth-order valence-electron chi connectivity index (χ4n) is 2.48. The van der Waals surface area contributed by atoms with E-state index < -0.39 is 5.60 Å². The van der Waals surface area contributed by atoms with Crippen molar-refractivity contribution < 1.29 is 9.53 Å². The number of rotatable bonds is 5. The fraction of sp³-hybridized carbons (Fsp3) is 0.611. The lowest BCUT2D eigenvalue weighted by Crippen LogP contribution is -2.32. The smallest absolute Gasteiger partial charge is 0.407 e. The van der Waals surface area contributed by atoms with Gasteiger partial charge in [-0.3, -0.25) is 0 Å². The van der Waals surface area contributed by atoms with Gasteiger partial charge < -0.3 is 15.4 Å². The molecule has 1 amide bonds. The van der Waals surface area contributed by atoms with Crippen LogP contribution in [0.5, 0.6) is 0 Å². The Hall–Kier alpha value is -1.20. The number of hydrogen-bond acceptors (Lipinski definition) is 4. The van der Waals surface area contributed by atoms with Crippen LogP contribution >= 0.6 is 11.8 Å². The lowest BCUT2D eigenvalue weighted by molar-refractivity contribution is 0.0523. The molecule has 1 aromatic carbocycles. The van der Waals surface area contributed by atoms with E-state index in [1.165, 1.54) is 17.7 Å². The third-order valence-electron chi connectivity index (χ3n) is 3.65. The highest BCUT2D eigenvalue weighted by Gasteiger charge is 2.21. The van der Waals surface area contributed by atoms with Gasteiger partial charge in [0.1, 0.15) is 5.60 Å². The molecule has 1 aliphatic rings. The van der Waals surface area contributed by atoms with E-state index in [-0.39, 0.29) is 6.09 Å². The van der Waals surface area contributed by atoms with E-state index in [0.29, 0.717) is 12.6 Å². The summed E-state index contributed by atoms with van der Waals surface area (Å²) in [6, 6.07) is 8.97. The lowest BCUT2D eigenvalue weighted by atomic mass is 10.1. The van der Waals surface area contributed by atoms with Gasteiger partial charge in [0.25, 0.3) is 0 Å². The Morgan fingerprint density at radius 3 is 2.35 bits per heavy atom. The first-order chi connectivity index (χ1) is 10.8. The van der Waals surface area contributed by atoms with E-state index in [1.54, 1.807) is 0 Å². The minimum absolute atomic E-state index is 0.379. The summed E-state index contributed by atoms with van der Waals surface area (Å²) < 4.78 is 5.23. The maximum atomic E-state index is 11.6. The van der Waals surface area contributed by atoms with Crippen LogP contribution in [0.4, 0.5) is 4.79 Å². The van der Waals surface area contributed by atoms with Crippen molar-refractivity contribution in [1.82, 2.24) is 10.6 Å². The maximum Gasteiger partial charge on any atom is 0.407 e. The number of nitrogens with one attached hydrogen (secondary N) is 2. The van der Waals surface area contributed by atoms with Gasteiger partial charge in [0.05, 0.1) is 0 Å². The lowest BCUT2D eigenvalue weighted by Gasteiger charge is -2.19. The zero-order chi connectivity index (χ0) is 16.9. The number of benzene rings is 1. The average Bonchev–Trinajstić information content (AvgIpc) is 2.88. The van der Waals surface area contributed by atoms with E-state index in [1.807, 2.05) is 32.5 Å². The number of carbonyl (C=O) groups excluding carboxylic acids is 1. The molecule has 0 bridgehead atoms. The van der Waals surface area contributed by atoms with E-state index in [4.69, 9.17) is 4.74 Å². The first-order valence-corrected chi connectivity index (χ1v) is 9.26. The number of alkyl carbamates (subject to hydrolysis) is 1. The summed E-state index contributed by atoms with van der Waals surface area (Å²) in [7, 11) is 0. The van der Waals surface area contributed by atoms with Crippen molar-refractivity contribution in [3.05, 3.63) is 35.4 Å². The van der Waals surface area contributed by atoms with Crippen molar-refractivity contribution in [1.29, 1.82) is 0 Å². The third kappa shape index (κ3) is 6.83. The third-order valence-corrected chi connectivity index (χ3v) is 5.01. The van der Waals surface area contributed by atoms with Crippen molar-refractivity contribution in [3.8, 4) is 0 Å². The number of amides is 1. The van der Waals surface area contributed by atoms with E-state index in [2.05, 4.69) is 41.8 Å². The van der Waals surface area contributed by atoms with Crippen molar-refractivity contribution in [2.24, 2.45) is 0 Å². The molecule has 4 nitrogen and oxygen atoms in total. The molecule has 0 radical (unpaired) electrons. The van der Waals surface area contributed by atoms with Crippen molar-refractivity contribution in [2.45, 2.75) is 64.1 Å². The van der Waals surface area contributed by atoms with Crippen LogP contribution in [-0.4, -0.2) is 28.7 Å². The van der Waals surface area contributed by atoms with Crippen LogP contribution in [0.2, 0.25) is 0 Å². The molecule has 1 fully saturated rings. The second kappa shape index (κ2) is 8.06. The van der Waals surface area contributed by atoms with Gasteiger partial charge in [-0.2, -0.15) is 11.8 Å². The van der Waals surface area contributed by atoms with Crippen LogP contribution in [0.3, 0.4) is 0 Å². The molecule has 23 heavy (non-hydrogen) atoms. The number of ether oxygens (including phenoxy) is 1. The minimum atomic E-state index is -0.463. The highest BCUT2D eigenvalue weighted by molar-refractivity contribution is 8.00. The van der Waals surface area contributed by atoms with Crippen molar-refractivity contribution >= 4 is 17.9 Å². The first-order valence-electron chi connectivity index (χ1n) is 8.21. The van der Waals surface area contributed by atoms with Crippen molar-refractivity contribution in [2.75, 3.05) is 5.75 Å². The van der Waals surface area contributed by atoms with Crippen LogP contribution in [0.25, 0.3) is 0 Å².